The summed E-state index contributed by atoms with van der Waals surface area (Å²) in [5.41, 5.74) is 0.985. The summed E-state index contributed by atoms with van der Waals surface area (Å²) >= 11 is 0. The SMILES string of the molecule is COc1ccc(CN2CCNC(=O)[C@H]2CC(=O)N(C)Cc2ncc[nH]2)cc1OC. The minimum Gasteiger partial charge on any atom is -0.493 e. The van der Waals surface area contributed by atoms with E-state index in [2.05, 4.69) is 15.3 Å². The number of aromatic nitrogens is 2. The highest BCUT2D eigenvalue weighted by Gasteiger charge is 2.32. The number of piperazine rings is 1. The van der Waals surface area contributed by atoms with Crippen molar-refractivity contribution in [2.24, 2.45) is 0 Å². The van der Waals surface area contributed by atoms with Gasteiger partial charge in [-0.2, -0.15) is 0 Å². The van der Waals surface area contributed by atoms with Crippen LogP contribution in [-0.2, 0) is 22.7 Å². The number of hydrogen-bond acceptors (Lipinski definition) is 6. The van der Waals surface area contributed by atoms with Gasteiger partial charge in [0.25, 0.3) is 0 Å². The quantitative estimate of drug-likeness (QED) is 0.678. The molecule has 2 amide bonds. The van der Waals surface area contributed by atoms with E-state index in [1.807, 2.05) is 23.1 Å². The van der Waals surface area contributed by atoms with Crippen molar-refractivity contribution in [3.63, 3.8) is 0 Å². The zero-order valence-electron chi connectivity index (χ0n) is 17.0. The van der Waals surface area contributed by atoms with Crippen molar-refractivity contribution in [2.75, 3.05) is 34.4 Å². The van der Waals surface area contributed by atoms with Crippen LogP contribution in [0.4, 0.5) is 0 Å². The fourth-order valence-corrected chi connectivity index (χ4v) is 3.41. The van der Waals surface area contributed by atoms with Crippen LogP contribution in [-0.4, -0.2) is 72.0 Å². The number of aromatic amines is 1. The molecule has 2 heterocycles. The number of methoxy groups -OCH3 is 2. The van der Waals surface area contributed by atoms with Gasteiger partial charge in [0.15, 0.2) is 11.5 Å². The number of rotatable bonds is 8. The molecule has 1 aromatic heterocycles. The highest BCUT2D eigenvalue weighted by Crippen LogP contribution is 2.28. The monoisotopic (exact) mass is 401 g/mol. The van der Waals surface area contributed by atoms with Crippen molar-refractivity contribution < 1.29 is 19.1 Å². The molecule has 1 aromatic carbocycles. The zero-order chi connectivity index (χ0) is 20.8. The summed E-state index contributed by atoms with van der Waals surface area (Å²) in [6, 6.07) is 5.15. The summed E-state index contributed by atoms with van der Waals surface area (Å²) in [5.74, 6) is 1.75. The third-order valence-electron chi connectivity index (χ3n) is 5.01. The van der Waals surface area contributed by atoms with Crippen molar-refractivity contribution in [3.05, 3.63) is 42.0 Å². The number of imidazole rings is 1. The molecule has 0 radical (unpaired) electrons. The first-order valence-electron chi connectivity index (χ1n) is 9.46. The molecule has 1 fully saturated rings. The topological polar surface area (TPSA) is 99.8 Å². The molecule has 156 valence electrons. The third kappa shape index (κ3) is 5.05. The van der Waals surface area contributed by atoms with E-state index in [1.165, 1.54) is 0 Å². The van der Waals surface area contributed by atoms with Crippen LogP contribution in [0.3, 0.4) is 0 Å². The molecule has 0 unspecified atom stereocenters. The van der Waals surface area contributed by atoms with Gasteiger partial charge in [0.1, 0.15) is 5.82 Å². The van der Waals surface area contributed by atoms with Crippen LogP contribution in [0.25, 0.3) is 0 Å². The molecule has 0 spiro atoms. The van der Waals surface area contributed by atoms with E-state index >= 15 is 0 Å². The van der Waals surface area contributed by atoms with Crippen LogP contribution in [0.1, 0.15) is 17.8 Å². The van der Waals surface area contributed by atoms with Crippen molar-refractivity contribution in [1.29, 1.82) is 0 Å². The number of benzene rings is 1. The normalized spacial score (nSPS) is 16.9. The van der Waals surface area contributed by atoms with Crippen LogP contribution in [0, 0.1) is 0 Å². The van der Waals surface area contributed by atoms with Gasteiger partial charge in [-0.1, -0.05) is 6.07 Å². The number of nitrogens with one attached hydrogen (secondary N) is 2. The van der Waals surface area contributed by atoms with E-state index in [-0.39, 0.29) is 18.2 Å². The maximum absolute atomic E-state index is 12.7. The van der Waals surface area contributed by atoms with Crippen molar-refractivity contribution in [3.8, 4) is 11.5 Å². The second-order valence-electron chi connectivity index (χ2n) is 6.96. The summed E-state index contributed by atoms with van der Waals surface area (Å²) in [6.45, 7) is 2.13. The van der Waals surface area contributed by atoms with E-state index in [0.717, 1.165) is 5.56 Å². The number of amides is 2. The van der Waals surface area contributed by atoms with E-state index in [1.54, 1.807) is 38.6 Å². The second-order valence-corrected chi connectivity index (χ2v) is 6.96. The average Bonchev–Trinajstić information content (AvgIpc) is 3.23. The molecule has 1 atom stereocenters. The van der Waals surface area contributed by atoms with Gasteiger partial charge in [-0.05, 0) is 17.7 Å². The van der Waals surface area contributed by atoms with Crippen molar-refractivity contribution in [2.45, 2.75) is 25.6 Å². The molecular formula is C20H27N5O4. The van der Waals surface area contributed by atoms with Gasteiger partial charge in [-0.15, -0.1) is 0 Å². The predicted molar refractivity (Wildman–Crippen MR) is 106 cm³/mol. The smallest absolute Gasteiger partial charge is 0.237 e. The lowest BCUT2D eigenvalue weighted by Crippen LogP contribution is -2.56. The van der Waals surface area contributed by atoms with Gasteiger partial charge in [-0.25, -0.2) is 4.98 Å². The Morgan fingerprint density at radius 3 is 2.79 bits per heavy atom. The first-order valence-corrected chi connectivity index (χ1v) is 9.46. The van der Waals surface area contributed by atoms with E-state index < -0.39 is 6.04 Å². The number of hydrogen-bond donors (Lipinski definition) is 2. The molecular weight excluding hydrogens is 374 g/mol. The highest BCUT2D eigenvalue weighted by atomic mass is 16.5. The first-order chi connectivity index (χ1) is 14.0. The van der Waals surface area contributed by atoms with Gasteiger partial charge in [-0.3, -0.25) is 14.5 Å². The third-order valence-corrected chi connectivity index (χ3v) is 5.01. The average molecular weight is 401 g/mol. The zero-order valence-corrected chi connectivity index (χ0v) is 17.0. The van der Waals surface area contributed by atoms with Crippen LogP contribution in [0.2, 0.25) is 0 Å². The van der Waals surface area contributed by atoms with Crippen molar-refractivity contribution >= 4 is 11.8 Å². The molecule has 1 aliphatic rings. The Balaban J connectivity index is 1.68. The molecule has 0 bridgehead atoms. The van der Waals surface area contributed by atoms with Gasteiger partial charge < -0.3 is 24.7 Å². The minimum atomic E-state index is -0.525. The maximum Gasteiger partial charge on any atom is 0.237 e. The molecule has 0 saturated carbocycles. The molecule has 1 aliphatic heterocycles. The maximum atomic E-state index is 12.7. The lowest BCUT2D eigenvalue weighted by molar-refractivity contribution is -0.138. The molecule has 29 heavy (non-hydrogen) atoms. The number of H-pyrrole nitrogens is 1. The summed E-state index contributed by atoms with van der Waals surface area (Å²) in [6.07, 6.45) is 3.47. The van der Waals surface area contributed by atoms with Gasteiger partial charge in [0, 0.05) is 39.1 Å². The fourth-order valence-electron chi connectivity index (χ4n) is 3.41. The molecule has 1 saturated heterocycles. The first kappa shape index (κ1) is 20.7. The molecule has 2 N–H and O–H groups in total. The van der Waals surface area contributed by atoms with E-state index in [4.69, 9.17) is 9.47 Å². The molecule has 2 aromatic rings. The van der Waals surface area contributed by atoms with Crippen LogP contribution in [0.5, 0.6) is 11.5 Å². The summed E-state index contributed by atoms with van der Waals surface area (Å²) in [7, 11) is 4.89. The summed E-state index contributed by atoms with van der Waals surface area (Å²) in [4.78, 5) is 35.9. The summed E-state index contributed by atoms with van der Waals surface area (Å²) < 4.78 is 10.6. The Hall–Kier alpha value is -3.07. The highest BCUT2D eigenvalue weighted by molar-refractivity contribution is 5.88. The molecule has 0 aliphatic carbocycles. The lowest BCUT2D eigenvalue weighted by atomic mass is 10.1. The number of carbonyl (C=O) groups is 2. The van der Waals surface area contributed by atoms with E-state index in [9.17, 15) is 9.59 Å². The second kappa shape index (κ2) is 9.42. The number of carbonyl (C=O) groups excluding carboxylic acids is 2. The molecule has 9 nitrogen and oxygen atoms in total. The number of ether oxygens (including phenoxy) is 2. The predicted octanol–water partition coefficient (Wildman–Crippen LogP) is 0.776. The molecule has 9 heteroatoms. The Labute approximate surface area is 170 Å². The number of nitrogens with zero attached hydrogens (tertiary/aromatic N) is 3. The largest absolute Gasteiger partial charge is 0.493 e. The molecule has 3 rings (SSSR count). The van der Waals surface area contributed by atoms with Gasteiger partial charge in [0.2, 0.25) is 11.8 Å². The summed E-state index contributed by atoms with van der Waals surface area (Å²) in [5, 5.41) is 2.86. The standard InChI is InChI=1S/C20H27N5O4/c1-24(13-18-21-6-7-22-18)19(26)11-15-20(27)23-8-9-25(15)12-14-4-5-16(28-2)17(10-14)29-3/h4-7,10,15H,8-9,11-13H2,1-3H3,(H,21,22)(H,23,27)/t15-/m1/s1. The lowest BCUT2D eigenvalue weighted by Gasteiger charge is -2.35. The van der Waals surface area contributed by atoms with Crippen molar-refractivity contribution in [1.82, 2.24) is 25.1 Å². The Kier molecular flexibility index (Phi) is 6.71. The Bertz CT molecular complexity index is 839. The van der Waals surface area contributed by atoms with Crippen LogP contribution < -0.4 is 14.8 Å². The van der Waals surface area contributed by atoms with Gasteiger partial charge >= 0.3 is 0 Å². The minimum absolute atomic E-state index is 0.107. The van der Waals surface area contributed by atoms with E-state index in [0.29, 0.717) is 43.5 Å². The Morgan fingerprint density at radius 2 is 2.10 bits per heavy atom. The fraction of sp³-hybridized carbons (Fsp3) is 0.450. The van der Waals surface area contributed by atoms with Crippen LogP contribution in [0.15, 0.2) is 30.6 Å². The Morgan fingerprint density at radius 1 is 1.31 bits per heavy atom. The van der Waals surface area contributed by atoms with Crippen LogP contribution >= 0.6 is 0 Å². The van der Waals surface area contributed by atoms with Gasteiger partial charge in [0.05, 0.1) is 33.2 Å².